The van der Waals surface area contributed by atoms with Gasteiger partial charge in [-0.2, -0.15) is 0 Å². The second kappa shape index (κ2) is 17.8. The van der Waals surface area contributed by atoms with Gasteiger partial charge in [-0.3, -0.25) is 0 Å². The first-order valence-electron chi connectivity index (χ1n) is 23.8. The van der Waals surface area contributed by atoms with E-state index in [-0.39, 0.29) is 0 Å². The van der Waals surface area contributed by atoms with Gasteiger partial charge in [-0.05, 0) is 97.6 Å². The zero-order valence-electron chi connectivity index (χ0n) is 38.1. The Morgan fingerprint density at radius 2 is 0.971 bits per heavy atom. The molecule has 1 atom stereocenters. The van der Waals surface area contributed by atoms with E-state index in [9.17, 15) is 0 Å². The Hall–Kier alpha value is -8.76. The van der Waals surface area contributed by atoms with Crippen molar-refractivity contribution in [2.75, 3.05) is 4.90 Å². The molecule has 0 saturated heterocycles. The molecule has 1 heterocycles. The van der Waals surface area contributed by atoms with Crippen LogP contribution in [0.25, 0.3) is 45.3 Å². The Labute approximate surface area is 404 Å². The Balaban J connectivity index is 1.13. The summed E-state index contributed by atoms with van der Waals surface area (Å²) in [5, 5.41) is 3.95. The van der Waals surface area contributed by atoms with E-state index in [4.69, 9.17) is 5.73 Å². The highest BCUT2D eigenvalue weighted by Gasteiger charge is 2.47. The fraction of sp³-hybridized carbons (Fsp3) is 0.0303. The maximum Gasteiger partial charge on any atom is 0.0714 e. The molecule has 0 fully saturated rings. The third-order valence-electron chi connectivity index (χ3n) is 13.9. The monoisotopic (exact) mass is 883 g/mol. The van der Waals surface area contributed by atoms with Crippen LogP contribution in [0.5, 0.6) is 0 Å². The van der Waals surface area contributed by atoms with E-state index in [1.165, 1.54) is 38.9 Å². The highest BCUT2D eigenvalue weighted by Crippen LogP contribution is 2.59. The summed E-state index contributed by atoms with van der Waals surface area (Å²) in [4.78, 5) is 2.48. The highest BCUT2D eigenvalue weighted by atomic mass is 15.1. The number of nitrogens with one attached hydrogen (secondary N) is 1. The van der Waals surface area contributed by atoms with E-state index in [0.717, 1.165) is 67.4 Å². The lowest BCUT2D eigenvalue weighted by molar-refractivity contribution is 0.768. The van der Waals surface area contributed by atoms with Gasteiger partial charge in [-0.15, -0.1) is 0 Å². The minimum Gasteiger partial charge on any atom is -0.354 e. The molecule has 0 amide bonds. The molecule has 1 aliphatic heterocycles. The van der Waals surface area contributed by atoms with Crippen molar-refractivity contribution >= 4 is 40.1 Å². The van der Waals surface area contributed by atoms with Crippen LogP contribution in [0.2, 0.25) is 0 Å². The molecule has 0 radical (unpaired) electrons. The summed E-state index contributed by atoms with van der Waals surface area (Å²) in [7, 11) is 0. The van der Waals surface area contributed by atoms with Gasteiger partial charge < -0.3 is 16.0 Å². The van der Waals surface area contributed by atoms with E-state index in [1.807, 2.05) is 6.07 Å². The minimum absolute atomic E-state index is 0.405. The van der Waals surface area contributed by atoms with Crippen LogP contribution in [-0.4, -0.2) is 0 Å². The Morgan fingerprint density at radius 3 is 1.65 bits per heavy atom. The zero-order chi connectivity index (χ0) is 46.2. The lowest BCUT2D eigenvalue weighted by atomic mass is 9.68. The van der Waals surface area contributed by atoms with Crippen molar-refractivity contribution in [2.24, 2.45) is 5.73 Å². The van der Waals surface area contributed by atoms with E-state index in [2.05, 4.69) is 277 Å². The molecular weight excluding hydrogens is 835 g/mol. The molecule has 1 unspecified atom stereocenters. The van der Waals surface area contributed by atoms with Gasteiger partial charge in [0.25, 0.3) is 0 Å². The van der Waals surface area contributed by atoms with Crippen LogP contribution in [0.3, 0.4) is 0 Å². The topological polar surface area (TPSA) is 41.3 Å². The molecule has 10 aromatic rings. The van der Waals surface area contributed by atoms with Gasteiger partial charge in [0.15, 0.2) is 0 Å². The molecule has 328 valence electrons. The van der Waals surface area contributed by atoms with Crippen molar-refractivity contribution in [3.05, 3.63) is 317 Å². The molecule has 1 aliphatic carbocycles. The number of benzene rings is 10. The maximum absolute atomic E-state index is 7.41. The normalized spacial score (nSPS) is 14.3. The van der Waals surface area contributed by atoms with E-state index >= 15 is 0 Å². The number of nitrogens with two attached hydrogens (primary N) is 1. The molecule has 0 bridgehead atoms. The third kappa shape index (κ3) is 7.28. The summed E-state index contributed by atoms with van der Waals surface area (Å²) in [5.41, 5.74) is 28.2. The van der Waals surface area contributed by atoms with Crippen molar-refractivity contribution in [1.82, 2.24) is 5.32 Å². The van der Waals surface area contributed by atoms with Crippen LogP contribution in [0, 0.1) is 0 Å². The fourth-order valence-electron chi connectivity index (χ4n) is 10.9. The number of hydrogen-bond acceptors (Lipinski definition) is 3. The first kappa shape index (κ1) is 41.7. The summed E-state index contributed by atoms with van der Waals surface area (Å²) < 4.78 is 0. The van der Waals surface area contributed by atoms with Crippen LogP contribution in [0.15, 0.2) is 267 Å². The zero-order valence-corrected chi connectivity index (χ0v) is 38.1. The summed E-state index contributed by atoms with van der Waals surface area (Å²) in [6.45, 7) is 0. The van der Waals surface area contributed by atoms with Crippen molar-refractivity contribution in [3.63, 3.8) is 0 Å². The van der Waals surface area contributed by atoms with Gasteiger partial charge in [0.2, 0.25) is 0 Å². The lowest BCUT2D eigenvalue weighted by Crippen LogP contribution is -2.28. The predicted molar refractivity (Wildman–Crippen MR) is 288 cm³/mol. The second-order valence-corrected chi connectivity index (χ2v) is 17.8. The number of anilines is 3. The molecule has 12 rings (SSSR count). The van der Waals surface area contributed by atoms with Gasteiger partial charge in [0, 0.05) is 33.8 Å². The summed E-state index contributed by atoms with van der Waals surface area (Å²) in [6, 6.07) is 95.8. The quantitative estimate of drug-likeness (QED) is 0.144. The largest absolute Gasteiger partial charge is 0.354 e. The van der Waals surface area contributed by atoms with Crippen molar-refractivity contribution < 1.29 is 0 Å². The number of nitrogens with zero attached hydrogens (tertiary/aromatic N) is 1. The molecule has 3 N–H and O–H groups in total. The molecule has 0 spiro atoms. The minimum atomic E-state index is -0.554. The van der Waals surface area contributed by atoms with Crippen molar-refractivity contribution in [3.8, 4) is 22.3 Å². The van der Waals surface area contributed by atoms with Gasteiger partial charge >= 0.3 is 0 Å². The van der Waals surface area contributed by atoms with E-state index in [1.54, 1.807) is 0 Å². The summed E-state index contributed by atoms with van der Waals surface area (Å²) >= 11 is 0. The van der Waals surface area contributed by atoms with Crippen LogP contribution in [-0.2, 0) is 5.41 Å². The molecule has 3 heteroatoms. The molecule has 2 aliphatic rings. The predicted octanol–water partition coefficient (Wildman–Crippen LogP) is 15.9. The highest BCUT2D eigenvalue weighted by molar-refractivity contribution is 6.04. The Kier molecular flexibility index (Phi) is 10.7. The van der Waals surface area contributed by atoms with Crippen LogP contribution >= 0.6 is 0 Å². The van der Waals surface area contributed by atoms with Crippen molar-refractivity contribution in [2.45, 2.75) is 11.5 Å². The molecular formula is C66H49N3. The number of hydrogen-bond donors (Lipinski definition) is 2. The number of fused-ring (bicyclic) bond motifs is 4. The molecule has 3 nitrogen and oxygen atoms in total. The van der Waals surface area contributed by atoms with Gasteiger partial charge in [0.1, 0.15) is 0 Å². The molecule has 10 aromatic carbocycles. The smallest absolute Gasteiger partial charge is 0.0714 e. The first-order chi connectivity index (χ1) is 34.2. The van der Waals surface area contributed by atoms with Crippen LogP contribution in [0.4, 0.5) is 17.1 Å². The van der Waals surface area contributed by atoms with Crippen LogP contribution < -0.4 is 16.0 Å². The summed E-state index contributed by atoms with van der Waals surface area (Å²) in [6.07, 6.45) is 2.30. The SMILES string of the molecule is NC(/C(=C1\NC(c2ccccc2)=Cc2cc(N(c3cccc(-c4ccccc4)c3)c3cccc4c3-c3ccccc3C4(c3ccccc3)c3ccccc3)ccc21)c1ccccc1)c1ccccc1. The molecule has 0 saturated carbocycles. The fourth-order valence-corrected chi connectivity index (χ4v) is 10.9. The average Bonchev–Trinajstić information content (AvgIpc) is 3.74. The standard InChI is InChI=1S/C66H49N3/c67-64(49-29-13-4-14-30-49)62(48-27-11-3-12-28-48)65-56-42-41-55(44-51(56)45-60(68-65)47-25-9-2-10-26-47)69(54-36-21-31-50(43-54)46-23-7-1-8-24-46)61-40-22-39-59-63(61)57-37-19-20-38-58(57)66(59,52-32-15-5-16-33-52)53-34-17-6-18-35-53/h1-45,64,68H,67H2/b65-62-. The van der Waals surface area contributed by atoms with E-state index in [0.29, 0.717) is 0 Å². The third-order valence-corrected chi connectivity index (χ3v) is 13.9. The van der Waals surface area contributed by atoms with E-state index < -0.39 is 11.5 Å². The molecule has 69 heavy (non-hydrogen) atoms. The summed E-state index contributed by atoms with van der Waals surface area (Å²) in [5.74, 6) is 0. The second-order valence-electron chi connectivity index (χ2n) is 17.8. The lowest BCUT2D eigenvalue weighted by Gasteiger charge is -2.34. The number of rotatable bonds is 10. The Bertz CT molecular complexity index is 3470. The molecule has 0 aromatic heterocycles. The first-order valence-corrected chi connectivity index (χ1v) is 23.8. The maximum atomic E-state index is 7.41. The van der Waals surface area contributed by atoms with Crippen molar-refractivity contribution in [1.29, 1.82) is 0 Å². The van der Waals surface area contributed by atoms with Gasteiger partial charge in [-0.1, -0.05) is 237 Å². The van der Waals surface area contributed by atoms with Gasteiger partial charge in [0.05, 0.1) is 22.8 Å². The Morgan fingerprint density at radius 1 is 0.435 bits per heavy atom. The van der Waals surface area contributed by atoms with Gasteiger partial charge in [-0.25, -0.2) is 0 Å². The van der Waals surface area contributed by atoms with Crippen LogP contribution in [0.1, 0.15) is 56.1 Å². The average molecular weight is 884 g/mol.